The summed E-state index contributed by atoms with van der Waals surface area (Å²) in [6.45, 7) is 4.11. The molecule has 0 fully saturated rings. The van der Waals surface area contributed by atoms with Crippen LogP contribution < -0.4 is 11.1 Å². The van der Waals surface area contributed by atoms with Gasteiger partial charge in [0, 0.05) is 25.7 Å². The molecule has 0 saturated carbocycles. The summed E-state index contributed by atoms with van der Waals surface area (Å²) in [7, 11) is 3.30. The van der Waals surface area contributed by atoms with Gasteiger partial charge in [-0.05, 0) is 24.1 Å². The Hall–Kier alpha value is -1.59. The number of anilines is 1. The minimum Gasteiger partial charge on any atom is -0.345 e. The van der Waals surface area contributed by atoms with Gasteiger partial charge >= 0.3 is 0 Å². The van der Waals surface area contributed by atoms with E-state index >= 15 is 0 Å². The molecule has 21 heavy (non-hydrogen) atoms. The van der Waals surface area contributed by atoms with Crippen molar-refractivity contribution in [3.63, 3.8) is 0 Å². The first kappa shape index (κ1) is 17.5. The van der Waals surface area contributed by atoms with Crippen LogP contribution in [-0.4, -0.2) is 37.4 Å². The van der Waals surface area contributed by atoms with E-state index in [9.17, 15) is 9.59 Å². The van der Waals surface area contributed by atoms with Gasteiger partial charge in [-0.15, -0.1) is 0 Å². The molecule has 0 aromatic heterocycles. The van der Waals surface area contributed by atoms with Crippen LogP contribution in [0, 0.1) is 11.8 Å². The molecule has 0 aliphatic heterocycles. The van der Waals surface area contributed by atoms with E-state index in [1.165, 1.54) is 4.90 Å². The van der Waals surface area contributed by atoms with E-state index in [0.717, 1.165) is 0 Å². The van der Waals surface area contributed by atoms with Crippen LogP contribution in [0.5, 0.6) is 0 Å². The second-order valence-corrected chi connectivity index (χ2v) is 5.90. The van der Waals surface area contributed by atoms with Gasteiger partial charge in [0.1, 0.15) is 0 Å². The molecule has 1 unspecified atom stereocenters. The number of rotatable bonds is 5. The fourth-order valence-corrected chi connectivity index (χ4v) is 2.13. The monoisotopic (exact) mass is 311 g/mol. The molecule has 1 aromatic rings. The van der Waals surface area contributed by atoms with Gasteiger partial charge in [-0.3, -0.25) is 9.59 Å². The number of halogens is 1. The number of carbonyl (C=O) groups excluding carboxylic acids is 2. The topological polar surface area (TPSA) is 75.4 Å². The van der Waals surface area contributed by atoms with Crippen LogP contribution in [0.2, 0.25) is 5.02 Å². The Labute approximate surface area is 130 Å². The zero-order valence-corrected chi connectivity index (χ0v) is 13.6. The van der Waals surface area contributed by atoms with Crippen molar-refractivity contribution in [2.75, 3.05) is 26.0 Å². The highest BCUT2D eigenvalue weighted by Crippen LogP contribution is 2.23. The third-order valence-electron chi connectivity index (χ3n) is 3.27. The van der Waals surface area contributed by atoms with Crippen LogP contribution in [0.3, 0.4) is 0 Å². The number of nitrogens with zero attached hydrogens (tertiary/aromatic N) is 1. The van der Waals surface area contributed by atoms with Gasteiger partial charge in [0.05, 0.1) is 17.2 Å². The normalized spacial score (nSPS) is 12.1. The van der Waals surface area contributed by atoms with Crippen molar-refractivity contribution >= 4 is 29.1 Å². The quantitative estimate of drug-likeness (QED) is 0.875. The molecular weight excluding hydrogens is 290 g/mol. The van der Waals surface area contributed by atoms with Crippen LogP contribution in [0.15, 0.2) is 18.2 Å². The van der Waals surface area contributed by atoms with E-state index in [1.807, 2.05) is 13.8 Å². The summed E-state index contributed by atoms with van der Waals surface area (Å²) in [5, 5.41) is 3.22. The minimum absolute atomic E-state index is 0.113. The number of carbonyl (C=O) groups is 2. The Morgan fingerprint density at radius 2 is 1.95 bits per heavy atom. The van der Waals surface area contributed by atoms with E-state index in [0.29, 0.717) is 16.3 Å². The molecular formula is C15H22ClN3O2. The average Bonchev–Trinajstić information content (AvgIpc) is 2.38. The predicted molar refractivity (Wildman–Crippen MR) is 85.5 cm³/mol. The smallest absolute Gasteiger partial charge is 0.255 e. The molecule has 3 N–H and O–H groups in total. The first-order valence-corrected chi connectivity index (χ1v) is 7.17. The Morgan fingerprint density at radius 3 is 2.43 bits per heavy atom. The largest absolute Gasteiger partial charge is 0.345 e. The highest BCUT2D eigenvalue weighted by atomic mass is 35.5. The molecule has 1 aromatic carbocycles. The first-order chi connectivity index (χ1) is 9.77. The maximum Gasteiger partial charge on any atom is 0.255 e. The van der Waals surface area contributed by atoms with E-state index in [1.54, 1.807) is 32.3 Å². The second-order valence-electron chi connectivity index (χ2n) is 5.46. The van der Waals surface area contributed by atoms with Crippen molar-refractivity contribution in [2.24, 2.45) is 17.6 Å². The number of nitrogens with two attached hydrogens (primary N) is 1. The van der Waals surface area contributed by atoms with Gasteiger partial charge in [-0.25, -0.2) is 0 Å². The number of amides is 2. The lowest BCUT2D eigenvalue weighted by atomic mass is 9.95. The molecule has 1 atom stereocenters. The van der Waals surface area contributed by atoms with Crippen molar-refractivity contribution in [1.29, 1.82) is 0 Å². The summed E-state index contributed by atoms with van der Waals surface area (Å²) >= 11 is 5.96. The predicted octanol–water partition coefficient (Wildman–Crippen LogP) is 2.21. The summed E-state index contributed by atoms with van der Waals surface area (Å²) in [5.74, 6) is -0.605. The van der Waals surface area contributed by atoms with Crippen molar-refractivity contribution < 1.29 is 9.59 Å². The highest BCUT2D eigenvalue weighted by molar-refractivity contribution is 6.31. The molecule has 6 heteroatoms. The minimum atomic E-state index is -0.314. The third kappa shape index (κ3) is 4.44. The van der Waals surface area contributed by atoms with E-state index in [2.05, 4.69) is 5.32 Å². The lowest BCUT2D eigenvalue weighted by Gasteiger charge is -2.20. The maximum absolute atomic E-state index is 12.3. The Balaban J connectivity index is 3.09. The lowest BCUT2D eigenvalue weighted by molar-refractivity contribution is -0.120. The standard InChI is InChI=1S/C15H22ClN3O2/c1-9(2)12(8-17)14(20)18-13-7-10(16)5-6-11(13)15(21)19(3)4/h5-7,9,12H,8,17H2,1-4H3,(H,18,20). The van der Waals surface area contributed by atoms with Gasteiger partial charge in [0.25, 0.3) is 5.91 Å². The van der Waals surface area contributed by atoms with E-state index in [4.69, 9.17) is 17.3 Å². The SMILES string of the molecule is CC(C)C(CN)C(=O)Nc1cc(Cl)ccc1C(=O)N(C)C. The summed E-state index contributed by atoms with van der Waals surface area (Å²) < 4.78 is 0. The van der Waals surface area contributed by atoms with Crippen LogP contribution in [0.25, 0.3) is 0 Å². The van der Waals surface area contributed by atoms with Gasteiger partial charge in [-0.1, -0.05) is 25.4 Å². The number of hydrogen-bond donors (Lipinski definition) is 2. The average molecular weight is 312 g/mol. The summed E-state index contributed by atoms with van der Waals surface area (Å²) in [5.41, 5.74) is 6.45. The highest BCUT2D eigenvalue weighted by Gasteiger charge is 2.23. The molecule has 1 rings (SSSR count). The zero-order valence-electron chi connectivity index (χ0n) is 12.8. The molecule has 0 heterocycles. The lowest BCUT2D eigenvalue weighted by Crippen LogP contribution is -2.34. The van der Waals surface area contributed by atoms with Gasteiger partial charge < -0.3 is 16.0 Å². The van der Waals surface area contributed by atoms with Crippen molar-refractivity contribution in [2.45, 2.75) is 13.8 Å². The molecule has 0 bridgehead atoms. The zero-order chi connectivity index (χ0) is 16.2. The molecule has 116 valence electrons. The van der Waals surface area contributed by atoms with Crippen LogP contribution in [0.1, 0.15) is 24.2 Å². The Morgan fingerprint density at radius 1 is 1.33 bits per heavy atom. The molecule has 0 saturated heterocycles. The van der Waals surface area contributed by atoms with Crippen LogP contribution in [0.4, 0.5) is 5.69 Å². The van der Waals surface area contributed by atoms with Crippen molar-refractivity contribution in [1.82, 2.24) is 4.90 Å². The van der Waals surface area contributed by atoms with Gasteiger partial charge in [-0.2, -0.15) is 0 Å². The fraction of sp³-hybridized carbons (Fsp3) is 0.467. The number of hydrogen-bond acceptors (Lipinski definition) is 3. The number of benzene rings is 1. The molecule has 0 aliphatic rings. The number of nitrogens with one attached hydrogen (secondary N) is 1. The van der Waals surface area contributed by atoms with Crippen molar-refractivity contribution in [3.05, 3.63) is 28.8 Å². The fourth-order valence-electron chi connectivity index (χ4n) is 1.95. The summed E-state index contributed by atoms with van der Waals surface area (Å²) in [6.07, 6.45) is 0. The van der Waals surface area contributed by atoms with Crippen molar-refractivity contribution in [3.8, 4) is 0 Å². The van der Waals surface area contributed by atoms with E-state index in [-0.39, 0.29) is 30.2 Å². The Kier molecular flexibility index (Phi) is 6.18. The Bertz CT molecular complexity index is 530. The van der Waals surface area contributed by atoms with Gasteiger partial charge in [0.2, 0.25) is 5.91 Å². The van der Waals surface area contributed by atoms with Crippen LogP contribution in [-0.2, 0) is 4.79 Å². The summed E-state index contributed by atoms with van der Waals surface area (Å²) in [6, 6.07) is 4.80. The second kappa shape index (κ2) is 7.43. The molecule has 2 amide bonds. The van der Waals surface area contributed by atoms with Gasteiger partial charge in [0.15, 0.2) is 0 Å². The summed E-state index contributed by atoms with van der Waals surface area (Å²) in [4.78, 5) is 25.9. The maximum atomic E-state index is 12.3. The molecule has 5 nitrogen and oxygen atoms in total. The third-order valence-corrected chi connectivity index (χ3v) is 3.51. The molecule has 0 spiro atoms. The van der Waals surface area contributed by atoms with E-state index < -0.39 is 0 Å². The van der Waals surface area contributed by atoms with Crippen LogP contribution >= 0.6 is 11.6 Å². The first-order valence-electron chi connectivity index (χ1n) is 6.80. The molecule has 0 radical (unpaired) electrons. The molecule has 0 aliphatic carbocycles.